The Bertz CT molecular complexity index is 738. The van der Waals surface area contributed by atoms with Crippen molar-refractivity contribution in [3.63, 3.8) is 0 Å². The van der Waals surface area contributed by atoms with E-state index >= 15 is 0 Å². The normalized spacial score (nSPS) is 11.8. The molecule has 1 N–H and O–H groups in total. The zero-order valence-electron chi connectivity index (χ0n) is 29.8. The maximum absolute atomic E-state index is 12.8. The molecule has 6 heteroatoms. The molecule has 0 aromatic heterocycles. The molecule has 262 valence electrons. The van der Waals surface area contributed by atoms with Gasteiger partial charge in [-0.15, -0.1) is 0 Å². The van der Waals surface area contributed by atoms with E-state index in [9.17, 15) is 9.59 Å². The van der Waals surface area contributed by atoms with Gasteiger partial charge in [-0.05, 0) is 71.3 Å². The molecule has 0 saturated heterocycles. The Morgan fingerprint density at radius 2 is 1.11 bits per heavy atom. The van der Waals surface area contributed by atoms with Crippen LogP contribution in [0.2, 0.25) is 0 Å². The van der Waals surface area contributed by atoms with Gasteiger partial charge < -0.3 is 15.0 Å². The fourth-order valence-corrected chi connectivity index (χ4v) is 5.95. The van der Waals surface area contributed by atoms with Crippen molar-refractivity contribution in [3.05, 3.63) is 36.5 Å². The zero-order valence-corrected chi connectivity index (χ0v) is 30.7. The van der Waals surface area contributed by atoms with Gasteiger partial charge in [0.05, 0.1) is 0 Å². The maximum atomic E-state index is 12.8. The molecule has 0 aromatic carbocycles. The van der Waals surface area contributed by atoms with Gasteiger partial charge >= 0.3 is 5.97 Å². The number of nitrogens with one attached hydrogen (secondary N) is 1. The van der Waals surface area contributed by atoms with Crippen molar-refractivity contribution >= 4 is 23.0 Å². The van der Waals surface area contributed by atoms with E-state index in [-0.39, 0.29) is 11.2 Å². The predicted octanol–water partition coefficient (Wildman–Crippen LogP) is 11.6. The van der Waals surface area contributed by atoms with Crippen molar-refractivity contribution in [2.45, 2.75) is 162 Å². The fraction of sp³-hybridized carbons (Fsp3) is 0.795. The van der Waals surface area contributed by atoms with Crippen LogP contribution in [0.5, 0.6) is 0 Å². The number of unbranched alkanes of at least 4 members (excludes halogenated alkanes) is 17. The number of thioether (sulfide) groups is 1. The first kappa shape index (κ1) is 43.5. The van der Waals surface area contributed by atoms with Gasteiger partial charge in [-0.3, -0.25) is 9.59 Å². The van der Waals surface area contributed by atoms with E-state index in [1.54, 1.807) is 0 Å². The van der Waals surface area contributed by atoms with Crippen LogP contribution in [-0.2, 0) is 9.53 Å². The first-order chi connectivity index (χ1) is 22.2. The van der Waals surface area contributed by atoms with E-state index in [1.807, 2.05) is 13.1 Å². The minimum Gasteiger partial charge on any atom is -0.461 e. The molecule has 0 rings (SSSR count). The highest BCUT2D eigenvalue weighted by molar-refractivity contribution is 8.13. The van der Waals surface area contributed by atoms with Gasteiger partial charge in [-0.2, -0.15) is 0 Å². The summed E-state index contributed by atoms with van der Waals surface area (Å²) in [4.78, 5) is 26.9. The molecule has 0 aliphatic rings. The molecule has 0 aliphatic carbocycles. The molecule has 0 aromatic rings. The summed E-state index contributed by atoms with van der Waals surface area (Å²) in [5, 5.41) is 3.36. The average Bonchev–Trinajstić information content (AvgIpc) is 3.04. The molecular formula is C39H72N2O3S. The lowest BCUT2D eigenvalue weighted by Crippen LogP contribution is -2.30. The average molecular weight is 649 g/mol. The summed E-state index contributed by atoms with van der Waals surface area (Å²) in [6.45, 7) is 7.45. The van der Waals surface area contributed by atoms with Crippen molar-refractivity contribution in [1.82, 2.24) is 10.2 Å². The van der Waals surface area contributed by atoms with Crippen molar-refractivity contribution in [2.24, 2.45) is 0 Å². The highest BCUT2D eigenvalue weighted by atomic mass is 32.2. The summed E-state index contributed by atoms with van der Waals surface area (Å²) in [5.41, 5.74) is 0. The van der Waals surface area contributed by atoms with E-state index in [1.165, 1.54) is 102 Å². The number of hydrogen-bond donors (Lipinski definition) is 1. The fourth-order valence-electron chi connectivity index (χ4n) is 5.11. The minimum atomic E-state index is -0.0892. The third-order valence-corrected chi connectivity index (χ3v) is 8.92. The van der Waals surface area contributed by atoms with Crippen LogP contribution >= 0.6 is 11.8 Å². The number of carbonyl (C=O) groups is 2. The highest BCUT2D eigenvalue weighted by Gasteiger charge is 2.13. The summed E-state index contributed by atoms with van der Waals surface area (Å²) in [6.07, 6.45) is 40.1. The van der Waals surface area contributed by atoms with Crippen molar-refractivity contribution < 1.29 is 14.3 Å². The quantitative estimate of drug-likeness (QED) is 0.0436. The SMILES string of the molecule is CCCCCC/C=C\C/C=C\CCCCCCCN(CCCCCCCC(=O)OC/C=C\CCCCCC)C(=O)SCCNC. The van der Waals surface area contributed by atoms with Crippen molar-refractivity contribution in [1.29, 1.82) is 0 Å². The Balaban J connectivity index is 3.96. The molecule has 1 amide bonds. The van der Waals surface area contributed by atoms with Crippen molar-refractivity contribution in [3.8, 4) is 0 Å². The van der Waals surface area contributed by atoms with Crippen LogP contribution in [0.3, 0.4) is 0 Å². The summed E-state index contributed by atoms with van der Waals surface area (Å²) >= 11 is 1.44. The Morgan fingerprint density at radius 3 is 1.67 bits per heavy atom. The van der Waals surface area contributed by atoms with E-state index in [2.05, 4.69) is 54.4 Å². The van der Waals surface area contributed by atoms with E-state index in [0.717, 1.165) is 76.8 Å². The number of esters is 1. The Morgan fingerprint density at radius 1 is 0.622 bits per heavy atom. The molecule has 0 aliphatic heterocycles. The smallest absolute Gasteiger partial charge is 0.306 e. The van der Waals surface area contributed by atoms with Crippen LogP contribution in [0.4, 0.5) is 4.79 Å². The molecule has 5 nitrogen and oxygen atoms in total. The van der Waals surface area contributed by atoms with E-state index in [0.29, 0.717) is 13.0 Å². The van der Waals surface area contributed by atoms with Gasteiger partial charge in [-0.25, -0.2) is 0 Å². The number of carbonyl (C=O) groups excluding carboxylic acids is 2. The number of amides is 1. The van der Waals surface area contributed by atoms with Gasteiger partial charge in [0.1, 0.15) is 6.61 Å². The number of ether oxygens (including phenoxy) is 1. The second kappa shape index (κ2) is 36.9. The van der Waals surface area contributed by atoms with Gasteiger partial charge in [0, 0.05) is 31.8 Å². The number of allylic oxidation sites excluding steroid dienone is 5. The molecule has 0 heterocycles. The van der Waals surface area contributed by atoms with Crippen LogP contribution in [0.15, 0.2) is 36.5 Å². The Hall–Kier alpha value is -1.53. The van der Waals surface area contributed by atoms with Crippen LogP contribution in [0.1, 0.15) is 162 Å². The lowest BCUT2D eigenvalue weighted by molar-refractivity contribution is -0.142. The first-order valence-electron chi connectivity index (χ1n) is 18.8. The Labute approximate surface area is 283 Å². The molecule has 0 fully saturated rings. The molecule has 0 radical (unpaired) electrons. The van der Waals surface area contributed by atoms with Crippen LogP contribution in [0, 0.1) is 0 Å². The monoisotopic (exact) mass is 649 g/mol. The predicted molar refractivity (Wildman–Crippen MR) is 199 cm³/mol. The van der Waals surface area contributed by atoms with Gasteiger partial charge in [0.25, 0.3) is 5.24 Å². The number of rotatable bonds is 33. The molecule has 0 saturated carbocycles. The molecule has 0 atom stereocenters. The second-order valence-corrected chi connectivity index (χ2v) is 13.4. The summed E-state index contributed by atoms with van der Waals surface area (Å²) in [5.74, 6) is 0.729. The largest absolute Gasteiger partial charge is 0.461 e. The lowest BCUT2D eigenvalue weighted by Gasteiger charge is -2.22. The lowest BCUT2D eigenvalue weighted by atomic mass is 10.1. The summed E-state index contributed by atoms with van der Waals surface area (Å²) < 4.78 is 5.32. The highest BCUT2D eigenvalue weighted by Crippen LogP contribution is 2.14. The molecular weight excluding hydrogens is 577 g/mol. The maximum Gasteiger partial charge on any atom is 0.306 e. The standard InChI is InChI=1S/C39H72N2O3S/c1-4-6-8-10-12-13-14-15-16-17-18-19-20-21-25-29-34-41(39(43)45-37-33-40-3)35-30-26-23-24-28-32-38(42)44-36-31-27-22-11-9-7-5-2/h13-14,16-17,27,31,40H,4-12,15,18-26,28-30,32-37H2,1-3H3/b14-13-,17-16-,31-27-. The zero-order chi connectivity index (χ0) is 32.9. The molecule has 0 bridgehead atoms. The number of hydrogen-bond acceptors (Lipinski definition) is 5. The van der Waals surface area contributed by atoms with Gasteiger partial charge in [0.2, 0.25) is 0 Å². The van der Waals surface area contributed by atoms with Crippen LogP contribution in [0.25, 0.3) is 0 Å². The molecule has 0 spiro atoms. The topological polar surface area (TPSA) is 58.6 Å². The third-order valence-electron chi connectivity index (χ3n) is 8.00. The molecule has 45 heavy (non-hydrogen) atoms. The Kier molecular flexibility index (Phi) is 35.7. The number of nitrogens with zero attached hydrogens (tertiary/aromatic N) is 1. The van der Waals surface area contributed by atoms with Gasteiger partial charge in [-0.1, -0.05) is 139 Å². The van der Waals surface area contributed by atoms with E-state index < -0.39 is 0 Å². The molecule has 0 unspecified atom stereocenters. The van der Waals surface area contributed by atoms with E-state index in [4.69, 9.17) is 4.74 Å². The third kappa shape index (κ3) is 33.6. The first-order valence-corrected chi connectivity index (χ1v) is 19.8. The van der Waals surface area contributed by atoms with Crippen LogP contribution < -0.4 is 5.32 Å². The minimum absolute atomic E-state index is 0.0892. The second-order valence-electron chi connectivity index (χ2n) is 12.3. The van der Waals surface area contributed by atoms with Gasteiger partial charge in [0.15, 0.2) is 0 Å². The summed E-state index contributed by atoms with van der Waals surface area (Å²) in [7, 11) is 1.93. The van der Waals surface area contributed by atoms with Crippen molar-refractivity contribution in [2.75, 3.05) is 39.0 Å². The van der Waals surface area contributed by atoms with Crippen LogP contribution in [-0.4, -0.2) is 55.2 Å². The summed E-state index contributed by atoms with van der Waals surface area (Å²) in [6, 6.07) is 0.